The standard InChI is InChI=1S/C27H23N5O2S/c1-34-21-13-11-18(12-14-21)25-19(16-31(30-25)20-7-3-2-4-8-20)15-29-32-17-28-26-24(27(32)33)22-9-5-6-10-23(22)35-26/h2-4,7-8,11-17H,5-6,9-10H2,1H3/b29-15+. The first kappa shape index (κ1) is 21.5. The van der Waals surface area contributed by atoms with E-state index in [-0.39, 0.29) is 5.56 Å². The van der Waals surface area contributed by atoms with Crippen molar-refractivity contribution in [1.82, 2.24) is 19.4 Å². The lowest BCUT2D eigenvalue weighted by molar-refractivity contribution is 0.415. The van der Waals surface area contributed by atoms with E-state index in [1.54, 1.807) is 24.7 Å². The minimum absolute atomic E-state index is 0.118. The number of methoxy groups -OCH3 is 1. The molecular weight excluding hydrogens is 458 g/mol. The average Bonchev–Trinajstić information content (AvgIpc) is 3.51. The molecule has 0 saturated carbocycles. The quantitative estimate of drug-likeness (QED) is 0.328. The fourth-order valence-corrected chi connectivity index (χ4v) is 5.73. The normalized spacial score (nSPS) is 13.4. The van der Waals surface area contributed by atoms with Crippen molar-refractivity contribution in [1.29, 1.82) is 0 Å². The summed E-state index contributed by atoms with van der Waals surface area (Å²) in [4.78, 5) is 20.0. The smallest absolute Gasteiger partial charge is 0.282 e. The van der Waals surface area contributed by atoms with Gasteiger partial charge in [0, 0.05) is 22.2 Å². The number of fused-ring (bicyclic) bond motifs is 3. The first-order chi connectivity index (χ1) is 17.2. The van der Waals surface area contributed by atoms with E-state index in [0.717, 1.165) is 63.3 Å². The fourth-order valence-electron chi connectivity index (χ4n) is 4.51. The molecule has 5 aromatic rings. The molecule has 0 atom stereocenters. The van der Waals surface area contributed by atoms with Gasteiger partial charge < -0.3 is 4.74 Å². The Morgan fingerprint density at radius 1 is 1.06 bits per heavy atom. The zero-order valence-electron chi connectivity index (χ0n) is 19.2. The Morgan fingerprint density at radius 2 is 1.86 bits per heavy atom. The summed E-state index contributed by atoms with van der Waals surface area (Å²) in [7, 11) is 1.64. The Balaban J connectivity index is 1.43. The Hall–Kier alpha value is -4.04. The minimum Gasteiger partial charge on any atom is -0.497 e. The number of aryl methyl sites for hydroxylation is 2. The van der Waals surface area contributed by atoms with Crippen molar-refractivity contribution >= 4 is 27.8 Å². The lowest BCUT2D eigenvalue weighted by atomic mass is 9.97. The van der Waals surface area contributed by atoms with Gasteiger partial charge in [-0.1, -0.05) is 18.2 Å². The van der Waals surface area contributed by atoms with Crippen LogP contribution in [0.3, 0.4) is 0 Å². The van der Waals surface area contributed by atoms with Crippen LogP contribution in [0.2, 0.25) is 0 Å². The average molecular weight is 482 g/mol. The summed E-state index contributed by atoms with van der Waals surface area (Å²) in [6, 6.07) is 17.6. The lowest BCUT2D eigenvalue weighted by Gasteiger charge is -2.09. The van der Waals surface area contributed by atoms with E-state index in [1.807, 2.05) is 65.5 Å². The molecule has 0 bridgehead atoms. The Morgan fingerprint density at radius 3 is 2.66 bits per heavy atom. The molecule has 6 rings (SSSR count). The van der Waals surface area contributed by atoms with Crippen molar-refractivity contribution in [3.8, 4) is 22.7 Å². The number of aromatic nitrogens is 4. The molecule has 0 fully saturated rings. The van der Waals surface area contributed by atoms with Gasteiger partial charge in [0.1, 0.15) is 22.6 Å². The van der Waals surface area contributed by atoms with E-state index < -0.39 is 0 Å². The van der Waals surface area contributed by atoms with Gasteiger partial charge in [0.2, 0.25) is 0 Å². The fraction of sp³-hybridized carbons (Fsp3) is 0.185. The lowest BCUT2D eigenvalue weighted by Crippen LogP contribution is -2.18. The van der Waals surface area contributed by atoms with Crippen molar-refractivity contribution in [2.75, 3.05) is 7.11 Å². The number of nitrogens with zero attached hydrogens (tertiary/aromatic N) is 5. The zero-order valence-corrected chi connectivity index (χ0v) is 20.0. The van der Waals surface area contributed by atoms with E-state index >= 15 is 0 Å². The summed E-state index contributed by atoms with van der Waals surface area (Å²) < 4.78 is 8.45. The van der Waals surface area contributed by atoms with Crippen molar-refractivity contribution in [2.24, 2.45) is 5.10 Å². The van der Waals surface area contributed by atoms with Crippen LogP contribution in [0.1, 0.15) is 28.8 Å². The van der Waals surface area contributed by atoms with Crippen LogP contribution in [0.4, 0.5) is 0 Å². The van der Waals surface area contributed by atoms with E-state index in [2.05, 4.69) is 10.1 Å². The van der Waals surface area contributed by atoms with Crippen LogP contribution >= 0.6 is 11.3 Å². The number of hydrogen-bond donors (Lipinski definition) is 0. The van der Waals surface area contributed by atoms with Gasteiger partial charge in [-0.2, -0.15) is 14.9 Å². The number of ether oxygens (including phenoxy) is 1. The summed E-state index contributed by atoms with van der Waals surface area (Å²) >= 11 is 1.64. The molecule has 0 radical (unpaired) electrons. The van der Waals surface area contributed by atoms with Crippen molar-refractivity contribution in [3.05, 3.63) is 93.5 Å². The molecule has 0 N–H and O–H groups in total. The maximum absolute atomic E-state index is 13.3. The maximum atomic E-state index is 13.3. The molecule has 1 aliphatic rings. The molecular formula is C27H23N5O2S. The summed E-state index contributed by atoms with van der Waals surface area (Å²) in [5, 5.41) is 10.1. The highest BCUT2D eigenvalue weighted by molar-refractivity contribution is 7.18. The molecule has 0 saturated heterocycles. The third kappa shape index (κ3) is 3.95. The van der Waals surface area contributed by atoms with Crippen molar-refractivity contribution in [2.45, 2.75) is 25.7 Å². The van der Waals surface area contributed by atoms with Gasteiger partial charge >= 0.3 is 0 Å². The van der Waals surface area contributed by atoms with Gasteiger partial charge in [-0.15, -0.1) is 11.3 Å². The Labute approximate surface area is 206 Å². The summed E-state index contributed by atoms with van der Waals surface area (Å²) in [6.07, 6.45) is 9.36. The first-order valence-electron chi connectivity index (χ1n) is 11.6. The SMILES string of the molecule is COc1ccc(-c2nn(-c3ccccc3)cc2/C=N/n2cnc3sc4c(c3c2=O)CCCC4)cc1. The van der Waals surface area contributed by atoms with Crippen LogP contribution in [-0.2, 0) is 12.8 Å². The molecule has 0 unspecified atom stereocenters. The van der Waals surface area contributed by atoms with Gasteiger partial charge in [0.25, 0.3) is 5.56 Å². The van der Waals surface area contributed by atoms with Crippen LogP contribution in [0, 0.1) is 0 Å². The highest BCUT2D eigenvalue weighted by atomic mass is 32.1. The predicted octanol–water partition coefficient (Wildman–Crippen LogP) is 5.08. The monoisotopic (exact) mass is 481 g/mol. The van der Waals surface area contributed by atoms with Crippen LogP contribution < -0.4 is 10.3 Å². The second kappa shape index (κ2) is 8.96. The number of benzene rings is 2. The molecule has 2 aromatic carbocycles. The van der Waals surface area contributed by atoms with Crippen LogP contribution in [-0.4, -0.2) is 32.8 Å². The maximum Gasteiger partial charge on any atom is 0.282 e. The highest BCUT2D eigenvalue weighted by Gasteiger charge is 2.20. The number of thiophene rings is 1. The van der Waals surface area contributed by atoms with E-state index in [1.165, 1.54) is 22.3 Å². The molecule has 1 aliphatic carbocycles. The molecule has 0 aliphatic heterocycles. The van der Waals surface area contributed by atoms with E-state index in [4.69, 9.17) is 9.84 Å². The third-order valence-electron chi connectivity index (χ3n) is 6.31. The van der Waals surface area contributed by atoms with Gasteiger partial charge in [0.05, 0.1) is 24.4 Å². The molecule has 0 amide bonds. The van der Waals surface area contributed by atoms with Crippen LogP contribution in [0.25, 0.3) is 27.2 Å². The highest BCUT2D eigenvalue weighted by Crippen LogP contribution is 2.33. The first-order valence-corrected chi connectivity index (χ1v) is 12.4. The second-order valence-corrected chi connectivity index (χ2v) is 9.56. The summed E-state index contributed by atoms with van der Waals surface area (Å²) in [5.41, 5.74) is 4.46. The van der Waals surface area contributed by atoms with Gasteiger partial charge in [-0.05, 0) is 67.6 Å². The van der Waals surface area contributed by atoms with Gasteiger partial charge in [-0.25, -0.2) is 9.67 Å². The largest absolute Gasteiger partial charge is 0.497 e. The molecule has 174 valence electrons. The predicted molar refractivity (Wildman–Crippen MR) is 139 cm³/mol. The Kier molecular flexibility index (Phi) is 5.50. The van der Waals surface area contributed by atoms with Crippen molar-refractivity contribution in [3.63, 3.8) is 0 Å². The van der Waals surface area contributed by atoms with Crippen LogP contribution in [0.15, 0.2) is 77.0 Å². The molecule has 3 heterocycles. The number of hydrogen-bond acceptors (Lipinski definition) is 6. The molecule has 0 spiro atoms. The Bertz CT molecular complexity index is 1600. The van der Waals surface area contributed by atoms with Crippen LogP contribution in [0.5, 0.6) is 5.75 Å². The van der Waals surface area contributed by atoms with Crippen molar-refractivity contribution < 1.29 is 4.74 Å². The minimum atomic E-state index is -0.118. The molecule has 3 aromatic heterocycles. The zero-order chi connectivity index (χ0) is 23.8. The molecule has 35 heavy (non-hydrogen) atoms. The van der Waals surface area contributed by atoms with Gasteiger partial charge in [0.15, 0.2) is 0 Å². The molecule has 7 nitrogen and oxygen atoms in total. The molecule has 8 heteroatoms. The van der Waals surface area contributed by atoms with Gasteiger partial charge in [-0.3, -0.25) is 4.79 Å². The second-order valence-electron chi connectivity index (χ2n) is 8.47. The summed E-state index contributed by atoms with van der Waals surface area (Å²) in [5.74, 6) is 0.775. The third-order valence-corrected chi connectivity index (χ3v) is 7.51. The number of rotatable bonds is 5. The van der Waals surface area contributed by atoms with E-state index in [9.17, 15) is 4.79 Å². The summed E-state index contributed by atoms with van der Waals surface area (Å²) in [6.45, 7) is 0. The topological polar surface area (TPSA) is 74.3 Å². The van der Waals surface area contributed by atoms with E-state index in [0.29, 0.717) is 0 Å². The number of para-hydroxylation sites is 1.